The standard InChI is InChI=1S/C17H25FN2O2/c1-2-19-16(17(21)22)11-13-7-9-20(10-8-13)12-14-3-5-15(18)6-4-14/h3-6,13,16,19H,2,7-12H2,1H3,(H,21,22). The molecule has 1 aromatic rings. The number of nitrogens with one attached hydrogen (secondary N) is 1. The molecule has 2 N–H and O–H groups in total. The van der Waals surface area contributed by atoms with Gasteiger partial charge in [0.1, 0.15) is 11.9 Å². The van der Waals surface area contributed by atoms with Gasteiger partial charge in [0, 0.05) is 6.54 Å². The van der Waals surface area contributed by atoms with Crippen LogP contribution in [0.25, 0.3) is 0 Å². The third-order valence-corrected chi connectivity index (χ3v) is 4.34. The summed E-state index contributed by atoms with van der Waals surface area (Å²) in [5.41, 5.74) is 1.12. The molecule has 1 fully saturated rings. The van der Waals surface area contributed by atoms with E-state index in [1.54, 1.807) is 0 Å². The lowest BCUT2D eigenvalue weighted by Gasteiger charge is -2.33. The molecule has 1 saturated heterocycles. The van der Waals surface area contributed by atoms with Gasteiger partial charge in [0.05, 0.1) is 0 Å². The fourth-order valence-corrected chi connectivity index (χ4v) is 3.08. The van der Waals surface area contributed by atoms with Crippen LogP contribution in [0, 0.1) is 11.7 Å². The first-order valence-electron chi connectivity index (χ1n) is 8.01. The van der Waals surface area contributed by atoms with Crippen LogP contribution < -0.4 is 5.32 Å². The van der Waals surface area contributed by atoms with E-state index in [-0.39, 0.29) is 5.82 Å². The predicted molar refractivity (Wildman–Crippen MR) is 84.1 cm³/mol. The van der Waals surface area contributed by atoms with Crippen molar-refractivity contribution >= 4 is 5.97 Å². The van der Waals surface area contributed by atoms with E-state index in [1.165, 1.54) is 12.1 Å². The first kappa shape index (κ1) is 16.9. The van der Waals surface area contributed by atoms with Crippen molar-refractivity contribution < 1.29 is 14.3 Å². The van der Waals surface area contributed by atoms with Crippen molar-refractivity contribution in [3.05, 3.63) is 35.6 Å². The number of nitrogens with zero attached hydrogens (tertiary/aromatic N) is 1. The van der Waals surface area contributed by atoms with E-state index in [9.17, 15) is 14.3 Å². The number of likely N-dealkylation sites (N-methyl/N-ethyl adjacent to an activating group) is 1. The van der Waals surface area contributed by atoms with Crippen LogP contribution in [0.2, 0.25) is 0 Å². The number of hydrogen-bond acceptors (Lipinski definition) is 3. The number of benzene rings is 1. The largest absolute Gasteiger partial charge is 0.480 e. The number of carboxylic acids is 1. The van der Waals surface area contributed by atoms with E-state index in [1.807, 2.05) is 19.1 Å². The number of rotatable bonds is 7. The molecule has 122 valence electrons. The lowest BCUT2D eigenvalue weighted by atomic mass is 9.90. The maximum Gasteiger partial charge on any atom is 0.320 e. The van der Waals surface area contributed by atoms with Gasteiger partial charge in [-0.05, 0) is 62.5 Å². The Labute approximate surface area is 131 Å². The molecule has 0 aliphatic carbocycles. The van der Waals surface area contributed by atoms with E-state index in [2.05, 4.69) is 10.2 Å². The lowest BCUT2D eigenvalue weighted by molar-refractivity contribution is -0.140. The Balaban J connectivity index is 1.77. The monoisotopic (exact) mass is 308 g/mol. The van der Waals surface area contributed by atoms with E-state index < -0.39 is 12.0 Å². The van der Waals surface area contributed by atoms with Crippen molar-refractivity contribution in [2.24, 2.45) is 5.92 Å². The second kappa shape index (κ2) is 8.25. The van der Waals surface area contributed by atoms with Gasteiger partial charge in [-0.2, -0.15) is 0 Å². The molecule has 1 unspecified atom stereocenters. The van der Waals surface area contributed by atoms with Gasteiger partial charge < -0.3 is 10.4 Å². The van der Waals surface area contributed by atoms with Crippen molar-refractivity contribution in [1.82, 2.24) is 10.2 Å². The first-order valence-corrected chi connectivity index (χ1v) is 8.01. The Kier molecular flexibility index (Phi) is 6.34. The third-order valence-electron chi connectivity index (χ3n) is 4.34. The molecule has 0 aromatic heterocycles. The zero-order valence-electron chi connectivity index (χ0n) is 13.1. The molecular formula is C17H25FN2O2. The normalized spacial score (nSPS) is 18.3. The SMILES string of the molecule is CCNC(CC1CCN(Cc2ccc(F)cc2)CC1)C(=O)O. The summed E-state index contributed by atoms with van der Waals surface area (Å²) in [7, 11) is 0. The molecule has 0 spiro atoms. The molecule has 1 aliphatic rings. The predicted octanol–water partition coefficient (Wildman–Crippen LogP) is 2.49. The minimum absolute atomic E-state index is 0.203. The van der Waals surface area contributed by atoms with E-state index in [4.69, 9.17) is 0 Å². The highest BCUT2D eigenvalue weighted by atomic mass is 19.1. The van der Waals surface area contributed by atoms with Crippen LogP contribution in [-0.4, -0.2) is 41.7 Å². The van der Waals surface area contributed by atoms with Crippen molar-refractivity contribution in [3.63, 3.8) is 0 Å². The average molecular weight is 308 g/mol. The highest BCUT2D eigenvalue weighted by Gasteiger charge is 2.25. The molecule has 0 amide bonds. The van der Waals surface area contributed by atoms with Crippen LogP contribution in [0.1, 0.15) is 31.7 Å². The first-order chi connectivity index (χ1) is 10.6. The molecule has 1 atom stereocenters. The van der Waals surface area contributed by atoms with Crippen LogP contribution in [0.5, 0.6) is 0 Å². The van der Waals surface area contributed by atoms with Crippen molar-refractivity contribution in [1.29, 1.82) is 0 Å². The zero-order chi connectivity index (χ0) is 15.9. The summed E-state index contributed by atoms with van der Waals surface area (Å²) in [5, 5.41) is 12.2. The Morgan fingerprint density at radius 1 is 1.36 bits per heavy atom. The highest BCUT2D eigenvalue weighted by Crippen LogP contribution is 2.23. The number of carbonyl (C=O) groups is 1. The van der Waals surface area contributed by atoms with Crippen LogP contribution in [-0.2, 0) is 11.3 Å². The zero-order valence-corrected chi connectivity index (χ0v) is 13.1. The quantitative estimate of drug-likeness (QED) is 0.812. The summed E-state index contributed by atoms with van der Waals surface area (Å²) in [6, 6.07) is 6.21. The molecule has 5 heteroatoms. The molecule has 2 rings (SSSR count). The molecule has 4 nitrogen and oxygen atoms in total. The topological polar surface area (TPSA) is 52.6 Å². The van der Waals surface area contributed by atoms with Gasteiger partial charge in [-0.15, -0.1) is 0 Å². The summed E-state index contributed by atoms with van der Waals surface area (Å²) in [6.45, 7) is 5.39. The molecular weight excluding hydrogens is 283 g/mol. The second-order valence-corrected chi connectivity index (χ2v) is 6.03. The summed E-state index contributed by atoms with van der Waals surface area (Å²) in [4.78, 5) is 13.5. The maximum atomic E-state index is 12.9. The molecule has 0 saturated carbocycles. The van der Waals surface area contributed by atoms with Crippen LogP contribution in [0.4, 0.5) is 4.39 Å². The summed E-state index contributed by atoms with van der Waals surface area (Å²) in [5.74, 6) is -0.495. The Hall–Kier alpha value is -1.46. The van der Waals surface area contributed by atoms with Crippen molar-refractivity contribution in [2.45, 2.75) is 38.8 Å². The van der Waals surface area contributed by atoms with Gasteiger partial charge in [-0.3, -0.25) is 9.69 Å². The number of likely N-dealkylation sites (tertiary alicyclic amines) is 1. The number of hydrogen-bond donors (Lipinski definition) is 2. The van der Waals surface area contributed by atoms with E-state index in [0.29, 0.717) is 18.9 Å². The molecule has 0 radical (unpaired) electrons. The van der Waals surface area contributed by atoms with Gasteiger partial charge in [0.25, 0.3) is 0 Å². The van der Waals surface area contributed by atoms with E-state index >= 15 is 0 Å². The van der Waals surface area contributed by atoms with Gasteiger partial charge in [-0.25, -0.2) is 4.39 Å². The summed E-state index contributed by atoms with van der Waals surface area (Å²) < 4.78 is 12.9. The number of halogens is 1. The summed E-state index contributed by atoms with van der Waals surface area (Å²) >= 11 is 0. The minimum Gasteiger partial charge on any atom is -0.480 e. The molecule has 0 bridgehead atoms. The molecule has 22 heavy (non-hydrogen) atoms. The number of aliphatic carboxylic acids is 1. The fourth-order valence-electron chi connectivity index (χ4n) is 3.08. The average Bonchev–Trinajstić information content (AvgIpc) is 2.51. The van der Waals surface area contributed by atoms with E-state index in [0.717, 1.165) is 38.0 Å². The molecule has 1 aliphatic heterocycles. The fraction of sp³-hybridized carbons (Fsp3) is 0.588. The number of piperidine rings is 1. The highest BCUT2D eigenvalue weighted by molar-refractivity contribution is 5.73. The minimum atomic E-state index is -0.754. The van der Waals surface area contributed by atoms with Gasteiger partial charge in [0.2, 0.25) is 0 Å². The van der Waals surface area contributed by atoms with Gasteiger partial charge in [0.15, 0.2) is 0 Å². The number of carboxylic acid groups (broad SMARTS) is 1. The third kappa shape index (κ3) is 5.07. The smallest absolute Gasteiger partial charge is 0.320 e. The summed E-state index contributed by atoms with van der Waals surface area (Å²) in [6.07, 6.45) is 2.75. The van der Waals surface area contributed by atoms with Crippen LogP contribution in [0.15, 0.2) is 24.3 Å². The Bertz CT molecular complexity index is 470. The van der Waals surface area contributed by atoms with Crippen LogP contribution in [0.3, 0.4) is 0 Å². The van der Waals surface area contributed by atoms with Crippen molar-refractivity contribution in [3.8, 4) is 0 Å². The van der Waals surface area contributed by atoms with Crippen molar-refractivity contribution in [2.75, 3.05) is 19.6 Å². The molecule has 1 heterocycles. The maximum absolute atomic E-state index is 12.9. The Morgan fingerprint density at radius 2 is 2.00 bits per heavy atom. The second-order valence-electron chi connectivity index (χ2n) is 6.03. The lowest BCUT2D eigenvalue weighted by Crippen LogP contribution is -2.41. The Morgan fingerprint density at radius 3 is 2.55 bits per heavy atom. The van der Waals surface area contributed by atoms with Crippen LogP contribution >= 0.6 is 0 Å². The van der Waals surface area contributed by atoms with Gasteiger partial charge in [-0.1, -0.05) is 19.1 Å². The molecule has 1 aromatic carbocycles. The van der Waals surface area contributed by atoms with Gasteiger partial charge >= 0.3 is 5.97 Å².